The number of anilines is 1. The molecular weight excluding hydrogens is 162 g/mol. The van der Waals surface area contributed by atoms with Gasteiger partial charge in [-0.3, -0.25) is 12.0 Å². The predicted octanol–water partition coefficient (Wildman–Crippen LogP) is 0.995. The predicted molar refractivity (Wildman–Crippen MR) is 53.4 cm³/mol. The Hall–Kier alpha value is -1.09. The molecule has 0 spiro atoms. The number of hydrogen-bond acceptors (Lipinski definition) is 3. The summed E-state index contributed by atoms with van der Waals surface area (Å²) in [7, 11) is 3.92. The number of nitrogens with zero attached hydrogens (tertiary/aromatic N) is 3. The third-order valence-electron chi connectivity index (χ3n) is 2.38. The number of pyridine rings is 1. The zero-order valence-corrected chi connectivity index (χ0v) is 7.69. The van der Waals surface area contributed by atoms with Crippen molar-refractivity contribution < 1.29 is 0 Å². The van der Waals surface area contributed by atoms with Gasteiger partial charge in [-0.2, -0.15) is 0 Å². The molecule has 3 heteroatoms. The van der Waals surface area contributed by atoms with E-state index in [0.29, 0.717) is 0 Å². The van der Waals surface area contributed by atoms with Crippen molar-refractivity contribution in [3.63, 3.8) is 0 Å². The molecule has 1 aromatic rings. The van der Waals surface area contributed by atoms with Gasteiger partial charge in [0, 0.05) is 19.3 Å². The van der Waals surface area contributed by atoms with Crippen molar-refractivity contribution in [2.75, 3.05) is 31.1 Å². The van der Waals surface area contributed by atoms with Crippen molar-refractivity contribution in [2.24, 2.45) is 0 Å². The molecule has 70 valence electrons. The Kier molecular flexibility index (Phi) is 2.45. The van der Waals surface area contributed by atoms with Crippen LogP contribution in [-0.4, -0.2) is 36.1 Å². The van der Waals surface area contributed by atoms with Gasteiger partial charge in [0.25, 0.3) is 0 Å². The van der Waals surface area contributed by atoms with Gasteiger partial charge < -0.3 is 9.80 Å². The third kappa shape index (κ3) is 1.98. The van der Waals surface area contributed by atoms with Crippen molar-refractivity contribution in [3.8, 4) is 0 Å². The van der Waals surface area contributed by atoms with Gasteiger partial charge >= 0.3 is 0 Å². The monoisotopic (exact) mass is 176 g/mol. The van der Waals surface area contributed by atoms with Gasteiger partial charge in [0.15, 0.2) is 0 Å². The summed E-state index contributed by atoms with van der Waals surface area (Å²) in [6, 6.07) is 4.08. The van der Waals surface area contributed by atoms with Crippen LogP contribution in [0.2, 0.25) is 0 Å². The van der Waals surface area contributed by atoms with Crippen LogP contribution in [0.4, 0.5) is 5.69 Å². The highest BCUT2D eigenvalue weighted by Crippen LogP contribution is 2.13. The molecule has 0 bridgehead atoms. The average Bonchev–Trinajstić information content (AvgIpc) is 2.20. The molecule has 2 heterocycles. The van der Waals surface area contributed by atoms with Gasteiger partial charge in [0.2, 0.25) is 0 Å². The van der Waals surface area contributed by atoms with Crippen LogP contribution in [0.1, 0.15) is 0 Å². The summed E-state index contributed by atoms with van der Waals surface area (Å²) in [6.45, 7) is 4.17. The standard InChI is InChI=1S/C10H14N3/c1-12-5-7-13(8-6-12)10-3-2-4-11-9-10/h2-4,9H,1,5-8H2/q-1. The molecule has 0 aromatic carbocycles. The molecule has 1 fully saturated rings. The van der Waals surface area contributed by atoms with Crippen molar-refractivity contribution in [1.82, 2.24) is 9.88 Å². The summed E-state index contributed by atoms with van der Waals surface area (Å²) in [6.07, 6.45) is 3.72. The van der Waals surface area contributed by atoms with Crippen molar-refractivity contribution in [3.05, 3.63) is 31.6 Å². The molecule has 1 aliphatic heterocycles. The minimum Gasteiger partial charge on any atom is -0.456 e. The first kappa shape index (κ1) is 8.51. The molecule has 13 heavy (non-hydrogen) atoms. The van der Waals surface area contributed by atoms with Crippen LogP contribution in [0.25, 0.3) is 0 Å². The summed E-state index contributed by atoms with van der Waals surface area (Å²) in [5, 5.41) is 0. The molecule has 1 saturated heterocycles. The zero-order chi connectivity index (χ0) is 9.10. The highest BCUT2D eigenvalue weighted by molar-refractivity contribution is 5.43. The van der Waals surface area contributed by atoms with Crippen LogP contribution in [0.5, 0.6) is 0 Å². The topological polar surface area (TPSA) is 19.4 Å². The van der Waals surface area contributed by atoms with Gasteiger partial charge in [0.05, 0.1) is 11.9 Å². The van der Waals surface area contributed by atoms with Crippen LogP contribution >= 0.6 is 0 Å². The first-order valence-electron chi connectivity index (χ1n) is 4.57. The Balaban J connectivity index is 2.03. The molecule has 0 saturated carbocycles. The summed E-state index contributed by atoms with van der Waals surface area (Å²) in [4.78, 5) is 8.55. The van der Waals surface area contributed by atoms with Gasteiger partial charge in [-0.15, -0.1) is 0 Å². The minimum atomic E-state index is 1.04. The summed E-state index contributed by atoms with van der Waals surface area (Å²) >= 11 is 0. The van der Waals surface area contributed by atoms with Gasteiger partial charge in [-0.1, -0.05) is 0 Å². The van der Waals surface area contributed by atoms with Crippen LogP contribution in [-0.2, 0) is 0 Å². The lowest BCUT2D eigenvalue weighted by molar-refractivity contribution is 0.344. The van der Waals surface area contributed by atoms with Crippen molar-refractivity contribution in [2.45, 2.75) is 0 Å². The fourth-order valence-corrected chi connectivity index (χ4v) is 1.55. The van der Waals surface area contributed by atoms with E-state index in [0.717, 1.165) is 26.2 Å². The van der Waals surface area contributed by atoms with E-state index in [1.165, 1.54) is 5.69 Å². The Labute approximate surface area is 79.0 Å². The Morgan fingerprint density at radius 3 is 2.62 bits per heavy atom. The van der Waals surface area contributed by atoms with E-state index in [2.05, 4.69) is 27.9 Å². The molecule has 0 N–H and O–H groups in total. The van der Waals surface area contributed by atoms with Gasteiger partial charge in [-0.25, -0.2) is 0 Å². The highest BCUT2D eigenvalue weighted by atomic mass is 15.2. The highest BCUT2D eigenvalue weighted by Gasteiger charge is 2.10. The number of rotatable bonds is 1. The van der Waals surface area contributed by atoms with Gasteiger partial charge in [-0.05, 0) is 25.2 Å². The molecule has 2 rings (SSSR count). The minimum absolute atomic E-state index is 1.04. The molecule has 1 aromatic heterocycles. The Bertz CT molecular complexity index is 252. The van der Waals surface area contributed by atoms with E-state index in [4.69, 9.17) is 0 Å². The summed E-state index contributed by atoms with van der Waals surface area (Å²) in [5.41, 5.74) is 1.22. The number of aromatic nitrogens is 1. The second-order valence-corrected chi connectivity index (χ2v) is 3.32. The largest absolute Gasteiger partial charge is 0.456 e. The van der Waals surface area contributed by atoms with E-state index in [-0.39, 0.29) is 0 Å². The lowest BCUT2D eigenvalue weighted by atomic mass is 10.3. The molecular formula is C10H14N3-. The molecule has 3 nitrogen and oxygen atoms in total. The van der Waals surface area contributed by atoms with Crippen LogP contribution < -0.4 is 4.90 Å². The van der Waals surface area contributed by atoms with Crippen LogP contribution in [0.15, 0.2) is 24.5 Å². The first-order valence-corrected chi connectivity index (χ1v) is 4.57. The average molecular weight is 176 g/mol. The Morgan fingerprint density at radius 1 is 1.23 bits per heavy atom. The first-order chi connectivity index (χ1) is 6.36. The molecule has 0 atom stereocenters. The number of hydrogen-bond donors (Lipinski definition) is 0. The second kappa shape index (κ2) is 3.75. The number of piperazine rings is 1. The van der Waals surface area contributed by atoms with E-state index < -0.39 is 0 Å². The third-order valence-corrected chi connectivity index (χ3v) is 2.38. The Morgan fingerprint density at radius 2 is 2.00 bits per heavy atom. The molecule has 0 aliphatic carbocycles. The second-order valence-electron chi connectivity index (χ2n) is 3.32. The maximum absolute atomic E-state index is 4.11. The fourth-order valence-electron chi connectivity index (χ4n) is 1.55. The molecule has 0 unspecified atom stereocenters. The zero-order valence-electron chi connectivity index (χ0n) is 7.69. The van der Waals surface area contributed by atoms with Crippen LogP contribution in [0, 0.1) is 7.05 Å². The molecule has 0 radical (unpaired) electrons. The van der Waals surface area contributed by atoms with Crippen molar-refractivity contribution in [1.29, 1.82) is 0 Å². The smallest absolute Gasteiger partial charge is 0.0553 e. The lowest BCUT2D eigenvalue weighted by Gasteiger charge is -2.38. The maximum Gasteiger partial charge on any atom is 0.0553 e. The molecule has 1 aliphatic rings. The van der Waals surface area contributed by atoms with Gasteiger partial charge in [0.1, 0.15) is 0 Å². The quantitative estimate of drug-likeness (QED) is 0.595. The van der Waals surface area contributed by atoms with E-state index in [9.17, 15) is 0 Å². The van der Waals surface area contributed by atoms with E-state index >= 15 is 0 Å². The molecule has 0 amide bonds. The summed E-state index contributed by atoms with van der Waals surface area (Å²) in [5.74, 6) is 0. The van der Waals surface area contributed by atoms with Crippen LogP contribution in [0.3, 0.4) is 0 Å². The van der Waals surface area contributed by atoms with E-state index in [1.807, 2.05) is 12.3 Å². The SMILES string of the molecule is [CH2-]N1CCN(c2cccnc2)CC1. The van der Waals surface area contributed by atoms with E-state index in [1.54, 1.807) is 6.20 Å². The lowest BCUT2D eigenvalue weighted by Crippen LogP contribution is -2.43. The van der Waals surface area contributed by atoms with Crippen molar-refractivity contribution >= 4 is 5.69 Å². The fraction of sp³-hybridized carbons (Fsp3) is 0.400. The maximum atomic E-state index is 4.11. The summed E-state index contributed by atoms with van der Waals surface area (Å²) < 4.78 is 0. The normalized spacial score (nSPS) is 19.0.